The van der Waals surface area contributed by atoms with E-state index in [0.29, 0.717) is 17.0 Å². The van der Waals surface area contributed by atoms with Crippen molar-refractivity contribution in [1.29, 1.82) is 0 Å². The second-order valence-electron chi connectivity index (χ2n) is 4.86. The molecule has 1 aliphatic rings. The minimum absolute atomic E-state index is 0.246. The molecular formula is C15H16N2O4. The zero-order valence-corrected chi connectivity index (χ0v) is 12.1. The van der Waals surface area contributed by atoms with Crippen molar-refractivity contribution in [2.24, 2.45) is 4.99 Å². The van der Waals surface area contributed by atoms with Gasteiger partial charge < -0.3 is 4.74 Å². The quantitative estimate of drug-likeness (QED) is 0.485. The number of hydrogen-bond donors (Lipinski definition) is 0. The molecule has 1 aromatic carbocycles. The summed E-state index contributed by atoms with van der Waals surface area (Å²) in [6.45, 7) is 3.28. The zero-order chi connectivity index (χ0) is 15.6. The summed E-state index contributed by atoms with van der Waals surface area (Å²) < 4.78 is 4.79. The van der Waals surface area contributed by atoms with Gasteiger partial charge in [-0.25, -0.2) is 4.79 Å². The summed E-state index contributed by atoms with van der Waals surface area (Å²) in [5.41, 5.74) is 1.80. The largest absolute Gasteiger partial charge is 0.466 e. The van der Waals surface area contributed by atoms with Crippen molar-refractivity contribution >= 4 is 11.7 Å². The number of nitro groups is 1. The highest BCUT2D eigenvalue weighted by atomic mass is 16.6. The van der Waals surface area contributed by atoms with E-state index in [9.17, 15) is 14.9 Å². The Hall–Kier alpha value is -2.50. The molecule has 2 rings (SSSR count). The number of rotatable bonds is 3. The van der Waals surface area contributed by atoms with Crippen LogP contribution in [0.25, 0.3) is 0 Å². The Balaban J connectivity index is 2.65. The van der Waals surface area contributed by atoms with Crippen molar-refractivity contribution in [1.82, 2.24) is 0 Å². The lowest BCUT2D eigenvalue weighted by Crippen LogP contribution is -2.39. The van der Waals surface area contributed by atoms with Crippen molar-refractivity contribution < 1.29 is 14.5 Å². The average Bonchev–Trinajstić information content (AvgIpc) is 2.46. The second kappa shape index (κ2) is 5.87. The van der Waals surface area contributed by atoms with E-state index in [4.69, 9.17) is 4.74 Å². The minimum Gasteiger partial charge on any atom is -0.466 e. The first-order valence-electron chi connectivity index (χ1n) is 6.50. The van der Waals surface area contributed by atoms with Crippen LogP contribution in [-0.2, 0) is 9.53 Å². The van der Waals surface area contributed by atoms with Gasteiger partial charge in [-0.3, -0.25) is 15.1 Å². The molecular weight excluding hydrogens is 272 g/mol. The third kappa shape index (κ3) is 2.69. The summed E-state index contributed by atoms with van der Waals surface area (Å²) in [6.07, 6.45) is 0. The number of esters is 1. The number of aliphatic imine (C=N–C) groups is 1. The Morgan fingerprint density at radius 3 is 2.43 bits per heavy atom. The van der Waals surface area contributed by atoms with Crippen molar-refractivity contribution in [3.8, 4) is 0 Å². The molecule has 2 unspecified atom stereocenters. The van der Waals surface area contributed by atoms with Crippen molar-refractivity contribution in [3.05, 3.63) is 57.3 Å². The average molecular weight is 288 g/mol. The molecule has 0 N–H and O–H groups in total. The Kier molecular flexibility index (Phi) is 4.16. The summed E-state index contributed by atoms with van der Waals surface area (Å²) in [5, 5.41) is 11.5. The van der Waals surface area contributed by atoms with Gasteiger partial charge in [0, 0.05) is 10.6 Å². The lowest BCUT2D eigenvalue weighted by molar-refractivity contribution is -0.505. The molecule has 1 aromatic rings. The van der Waals surface area contributed by atoms with E-state index in [-0.39, 0.29) is 5.57 Å². The first-order chi connectivity index (χ1) is 9.97. The fraction of sp³-hybridized carbons (Fsp3) is 0.333. The molecule has 21 heavy (non-hydrogen) atoms. The highest BCUT2D eigenvalue weighted by Crippen LogP contribution is 2.36. The topological polar surface area (TPSA) is 81.8 Å². The lowest BCUT2D eigenvalue weighted by atomic mass is 9.80. The lowest BCUT2D eigenvalue weighted by Gasteiger charge is -2.27. The number of nitrogens with zero attached hydrogens (tertiary/aromatic N) is 2. The molecule has 0 saturated carbocycles. The van der Waals surface area contributed by atoms with E-state index < -0.39 is 22.9 Å². The van der Waals surface area contributed by atoms with Gasteiger partial charge in [0.15, 0.2) is 0 Å². The first-order valence-corrected chi connectivity index (χ1v) is 6.50. The molecule has 0 radical (unpaired) electrons. The van der Waals surface area contributed by atoms with Crippen LogP contribution in [0, 0.1) is 10.1 Å². The minimum atomic E-state index is -1.06. The predicted octanol–water partition coefficient (Wildman–Crippen LogP) is 2.34. The smallest absolute Gasteiger partial charge is 0.336 e. The van der Waals surface area contributed by atoms with Gasteiger partial charge >= 0.3 is 5.97 Å². The van der Waals surface area contributed by atoms with Crippen LogP contribution >= 0.6 is 0 Å². The van der Waals surface area contributed by atoms with Gasteiger partial charge in [0.05, 0.1) is 24.3 Å². The van der Waals surface area contributed by atoms with Gasteiger partial charge in [0.1, 0.15) is 0 Å². The highest BCUT2D eigenvalue weighted by molar-refractivity contribution is 5.98. The molecule has 0 bridgehead atoms. The van der Waals surface area contributed by atoms with Gasteiger partial charge in [0.25, 0.3) is 6.04 Å². The van der Waals surface area contributed by atoms with E-state index in [2.05, 4.69) is 4.99 Å². The van der Waals surface area contributed by atoms with Crippen LogP contribution in [0.15, 0.2) is 46.6 Å². The summed E-state index contributed by atoms with van der Waals surface area (Å²) in [5.74, 6) is -1.27. The number of ether oxygens (including phenoxy) is 1. The Bertz CT molecular complexity index is 634. The molecule has 1 heterocycles. The number of methoxy groups -OCH3 is 1. The Labute approximate surface area is 122 Å². The molecule has 0 aliphatic carbocycles. The SMILES string of the molecule is COC(=O)C1=C(C)N=C(C)C([N+](=O)[O-])C1c1ccccc1. The standard InChI is InChI=1S/C15H16N2O4/c1-9-12(15(18)21-3)13(11-7-5-4-6-8-11)14(17(19)20)10(2)16-9/h4-8,13-14H,1-3H3. The van der Waals surface area contributed by atoms with E-state index in [1.165, 1.54) is 7.11 Å². The van der Waals surface area contributed by atoms with Gasteiger partial charge in [-0.2, -0.15) is 0 Å². The van der Waals surface area contributed by atoms with Crippen LogP contribution in [0.2, 0.25) is 0 Å². The molecule has 2 atom stereocenters. The van der Waals surface area contributed by atoms with Gasteiger partial charge in [0.2, 0.25) is 0 Å². The number of allylic oxidation sites excluding steroid dienone is 1. The Morgan fingerprint density at radius 2 is 1.90 bits per heavy atom. The van der Waals surface area contributed by atoms with Gasteiger partial charge in [-0.05, 0) is 19.4 Å². The monoisotopic (exact) mass is 288 g/mol. The Morgan fingerprint density at radius 1 is 1.29 bits per heavy atom. The molecule has 1 aliphatic heterocycles. The maximum atomic E-state index is 12.1. The van der Waals surface area contributed by atoms with Crippen LogP contribution in [-0.4, -0.2) is 29.8 Å². The van der Waals surface area contributed by atoms with E-state index in [1.54, 1.807) is 38.1 Å². The second-order valence-corrected chi connectivity index (χ2v) is 4.86. The normalized spacial score (nSPS) is 21.8. The van der Waals surface area contributed by atoms with E-state index in [1.807, 2.05) is 6.07 Å². The molecule has 110 valence electrons. The number of benzene rings is 1. The summed E-state index contributed by atoms with van der Waals surface area (Å²) in [4.78, 5) is 27.3. The molecule has 0 amide bonds. The molecule has 0 aromatic heterocycles. The first kappa shape index (κ1) is 14.9. The van der Waals surface area contributed by atoms with E-state index >= 15 is 0 Å². The number of hydrogen-bond acceptors (Lipinski definition) is 5. The maximum Gasteiger partial charge on any atom is 0.336 e. The fourth-order valence-electron chi connectivity index (χ4n) is 2.68. The summed E-state index contributed by atoms with van der Waals surface area (Å²) in [6, 6.07) is 7.88. The fourth-order valence-corrected chi connectivity index (χ4v) is 2.68. The van der Waals surface area contributed by atoms with Gasteiger partial charge in [-0.15, -0.1) is 0 Å². The summed E-state index contributed by atoms with van der Waals surface area (Å²) in [7, 11) is 1.26. The third-order valence-electron chi connectivity index (χ3n) is 3.58. The van der Waals surface area contributed by atoms with Crippen molar-refractivity contribution in [2.75, 3.05) is 7.11 Å². The molecule has 0 fully saturated rings. The molecule has 0 spiro atoms. The number of carbonyl (C=O) groups is 1. The van der Waals surface area contributed by atoms with Crippen LogP contribution < -0.4 is 0 Å². The van der Waals surface area contributed by atoms with Crippen LogP contribution in [0.4, 0.5) is 0 Å². The highest BCUT2D eigenvalue weighted by Gasteiger charge is 2.44. The van der Waals surface area contributed by atoms with Crippen molar-refractivity contribution in [3.63, 3.8) is 0 Å². The third-order valence-corrected chi connectivity index (χ3v) is 3.58. The molecule has 0 saturated heterocycles. The number of carbonyl (C=O) groups excluding carboxylic acids is 1. The predicted molar refractivity (Wildman–Crippen MR) is 77.8 cm³/mol. The maximum absolute atomic E-state index is 12.1. The van der Waals surface area contributed by atoms with Crippen LogP contribution in [0.1, 0.15) is 25.3 Å². The van der Waals surface area contributed by atoms with Gasteiger partial charge in [-0.1, -0.05) is 30.3 Å². The van der Waals surface area contributed by atoms with Crippen LogP contribution in [0.3, 0.4) is 0 Å². The van der Waals surface area contributed by atoms with Crippen LogP contribution in [0.5, 0.6) is 0 Å². The van der Waals surface area contributed by atoms with Crippen molar-refractivity contribution in [2.45, 2.75) is 25.8 Å². The molecule has 6 nitrogen and oxygen atoms in total. The van der Waals surface area contributed by atoms with E-state index in [0.717, 1.165) is 0 Å². The summed E-state index contributed by atoms with van der Waals surface area (Å²) >= 11 is 0. The zero-order valence-electron chi connectivity index (χ0n) is 12.1. The molecule has 6 heteroatoms.